The minimum absolute atomic E-state index is 0.496. The number of hydrogen-bond donors (Lipinski definition) is 2. The SMILES string of the molecule is CC1CN2CCCCC2CN1CC(O)c1ccccc1N. The van der Waals surface area contributed by atoms with Crippen LogP contribution >= 0.6 is 0 Å². The topological polar surface area (TPSA) is 52.7 Å². The third-order valence-electron chi connectivity index (χ3n) is 5.08. The molecule has 0 aromatic heterocycles. The van der Waals surface area contributed by atoms with Gasteiger partial charge in [-0.1, -0.05) is 24.6 Å². The van der Waals surface area contributed by atoms with Crippen molar-refractivity contribution in [1.29, 1.82) is 0 Å². The van der Waals surface area contributed by atoms with E-state index in [1.165, 1.54) is 25.8 Å². The van der Waals surface area contributed by atoms with E-state index < -0.39 is 6.10 Å². The number of hydrogen-bond acceptors (Lipinski definition) is 4. The number of aliphatic hydroxyl groups is 1. The van der Waals surface area contributed by atoms with Gasteiger partial charge in [-0.25, -0.2) is 0 Å². The van der Waals surface area contributed by atoms with Gasteiger partial charge in [0.15, 0.2) is 0 Å². The smallest absolute Gasteiger partial charge is 0.0936 e. The largest absolute Gasteiger partial charge is 0.398 e. The van der Waals surface area contributed by atoms with Gasteiger partial charge < -0.3 is 10.8 Å². The average molecular weight is 289 g/mol. The van der Waals surface area contributed by atoms with Crippen LogP contribution in [0.4, 0.5) is 5.69 Å². The molecule has 0 spiro atoms. The summed E-state index contributed by atoms with van der Waals surface area (Å²) in [5.41, 5.74) is 7.53. The predicted molar refractivity (Wildman–Crippen MR) is 86.1 cm³/mol. The maximum absolute atomic E-state index is 10.5. The monoisotopic (exact) mass is 289 g/mol. The molecule has 0 radical (unpaired) electrons. The second kappa shape index (κ2) is 6.34. The van der Waals surface area contributed by atoms with Crippen molar-refractivity contribution in [3.63, 3.8) is 0 Å². The first kappa shape index (κ1) is 14.8. The number of para-hydroxylation sites is 1. The molecule has 3 atom stereocenters. The quantitative estimate of drug-likeness (QED) is 0.834. The highest BCUT2D eigenvalue weighted by atomic mass is 16.3. The van der Waals surface area contributed by atoms with E-state index in [0.717, 1.165) is 18.7 Å². The summed E-state index contributed by atoms with van der Waals surface area (Å²) in [6.07, 6.45) is 3.49. The minimum atomic E-state index is -0.496. The van der Waals surface area contributed by atoms with Crippen molar-refractivity contribution in [3.05, 3.63) is 29.8 Å². The lowest BCUT2D eigenvalue weighted by molar-refractivity contribution is -0.00742. The van der Waals surface area contributed by atoms with Crippen LogP contribution in [0.1, 0.15) is 37.9 Å². The number of anilines is 1. The van der Waals surface area contributed by atoms with E-state index in [1.54, 1.807) is 0 Å². The van der Waals surface area contributed by atoms with Crippen LogP contribution in [-0.2, 0) is 0 Å². The van der Waals surface area contributed by atoms with Crippen molar-refractivity contribution >= 4 is 5.69 Å². The van der Waals surface area contributed by atoms with Gasteiger partial charge in [0.05, 0.1) is 6.10 Å². The number of benzene rings is 1. The van der Waals surface area contributed by atoms with E-state index in [4.69, 9.17) is 5.73 Å². The summed E-state index contributed by atoms with van der Waals surface area (Å²) < 4.78 is 0. The molecule has 21 heavy (non-hydrogen) atoms. The number of nitrogens with zero attached hydrogens (tertiary/aromatic N) is 2. The Balaban J connectivity index is 1.65. The van der Waals surface area contributed by atoms with Gasteiger partial charge in [0, 0.05) is 43.0 Å². The summed E-state index contributed by atoms with van der Waals surface area (Å²) in [5.74, 6) is 0. The van der Waals surface area contributed by atoms with Crippen molar-refractivity contribution in [1.82, 2.24) is 9.80 Å². The Morgan fingerprint density at radius 3 is 2.90 bits per heavy atom. The fourth-order valence-corrected chi connectivity index (χ4v) is 3.80. The fraction of sp³-hybridized carbons (Fsp3) is 0.647. The third-order valence-corrected chi connectivity index (χ3v) is 5.08. The Hall–Kier alpha value is -1.10. The molecule has 2 fully saturated rings. The Labute approximate surface area is 127 Å². The van der Waals surface area contributed by atoms with Gasteiger partial charge in [0.2, 0.25) is 0 Å². The molecule has 1 aromatic carbocycles. The first-order valence-corrected chi connectivity index (χ1v) is 8.15. The zero-order chi connectivity index (χ0) is 14.8. The van der Waals surface area contributed by atoms with Gasteiger partial charge in [0.1, 0.15) is 0 Å². The first-order valence-electron chi connectivity index (χ1n) is 8.15. The first-order chi connectivity index (χ1) is 10.1. The maximum atomic E-state index is 10.5. The molecule has 0 aliphatic carbocycles. The highest BCUT2D eigenvalue weighted by Crippen LogP contribution is 2.27. The summed E-state index contributed by atoms with van der Waals surface area (Å²) in [5, 5.41) is 10.5. The van der Waals surface area contributed by atoms with Crippen LogP contribution in [0.15, 0.2) is 24.3 Å². The molecule has 0 saturated carbocycles. The number of nitrogen functional groups attached to an aromatic ring is 1. The fourth-order valence-electron chi connectivity index (χ4n) is 3.80. The standard InChI is InChI=1S/C17H27N3O/c1-13-10-19-9-5-4-6-14(19)11-20(13)12-17(21)15-7-2-3-8-16(15)18/h2-3,7-8,13-14,17,21H,4-6,9-12,18H2,1H3. The van der Waals surface area contributed by atoms with E-state index >= 15 is 0 Å². The molecule has 0 amide bonds. The molecule has 0 bridgehead atoms. The molecule has 3 N–H and O–H groups in total. The van der Waals surface area contributed by atoms with Crippen molar-refractivity contribution in [3.8, 4) is 0 Å². The lowest BCUT2D eigenvalue weighted by Crippen LogP contribution is -2.59. The molecule has 2 saturated heterocycles. The summed E-state index contributed by atoms with van der Waals surface area (Å²) in [6.45, 7) is 6.40. The highest BCUT2D eigenvalue weighted by molar-refractivity contribution is 5.47. The molecule has 1 aromatic rings. The number of rotatable bonds is 3. The van der Waals surface area contributed by atoms with E-state index in [9.17, 15) is 5.11 Å². The van der Waals surface area contributed by atoms with Crippen LogP contribution in [0.5, 0.6) is 0 Å². The molecule has 116 valence electrons. The molecule has 4 nitrogen and oxygen atoms in total. The lowest BCUT2D eigenvalue weighted by Gasteiger charge is -2.48. The number of nitrogens with two attached hydrogens (primary N) is 1. The Bertz CT molecular complexity index is 479. The number of β-amino-alcohol motifs (C(OH)–C–C–N with tert-alkyl or cyclic N) is 1. The van der Waals surface area contributed by atoms with Gasteiger partial charge >= 0.3 is 0 Å². The molecule has 4 heteroatoms. The van der Waals surface area contributed by atoms with Crippen molar-refractivity contribution in [2.24, 2.45) is 0 Å². The van der Waals surface area contributed by atoms with Crippen molar-refractivity contribution in [2.45, 2.75) is 44.4 Å². The Morgan fingerprint density at radius 1 is 1.29 bits per heavy atom. The molecule has 3 unspecified atom stereocenters. The number of piperazine rings is 1. The summed E-state index contributed by atoms with van der Waals surface area (Å²) in [7, 11) is 0. The van der Waals surface area contributed by atoms with Crippen molar-refractivity contribution in [2.75, 3.05) is 31.9 Å². The number of fused-ring (bicyclic) bond motifs is 1. The van der Waals surface area contributed by atoms with E-state index in [-0.39, 0.29) is 0 Å². The maximum Gasteiger partial charge on any atom is 0.0936 e. The number of aliphatic hydroxyl groups excluding tert-OH is 1. The minimum Gasteiger partial charge on any atom is -0.398 e. The van der Waals surface area contributed by atoms with Gasteiger partial charge in [-0.15, -0.1) is 0 Å². The number of piperidine rings is 1. The predicted octanol–water partition coefficient (Wildman–Crippen LogP) is 1.86. The summed E-state index contributed by atoms with van der Waals surface area (Å²) >= 11 is 0. The molecule has 2 aliphatic heterocycles. The lowest BCUT2D eigenvalue weighted by atomic mass is 9.96. The zero-order valence-corrected chi connectivity index (χ0v) is 12.9. The molecule has 2 aliphatic rings. The van der Waals surface area contributed by atoms with E-state index in [1.807, 2.05) is 24.3 Å². The van der Waals surface area contributed by atoms with Gasteiger partial charge in [-0.2, -0.15) is 0 Å². The molecule has 2 heterocycles. The van der Waals surface area contributed by atoms with E-state index in [0.29, 0.717) is 24.3 Å². The van der Waals surface area contributed by atoms with Crippen LogP contribution in [0, 0.1) is 0 Å². The van der Waals surface area contributed by atoms with Crippen LogP contribution in [0.2, 0.25) is 0 Å². The molecule has 3 rings (SSSR count). The van der Waals surface area contributed by atoms with Crippen LogP contribution < -0.4 is 5.73 Å². The Kier molecular flexibility index (Phi) is 4.48. The molecular formula is C17H27N3O. The van der Waals surface area contributed by atoms with E-state index in [2.05, 4.69) is 16.7 Å². The second-order valence-electron chi connectivity index (χ2n) is 6.59. The third kappa shape index (κ3) is 3.23. The normalized spacial score (nSPS) is 29.0. The van der Waals surface area contributed by atoms with Gasteiger partial charge in [-0.3, -0.25) is 9.80 Å². The van der Waals surface area contributed by atoms with Gasteiger partial charge in [-0.05, 0) is 32.4 Å². The second-order valence-corrected chi connectivity index (χ2v) is 6.59. The van der Waals surface area contributed by atoms with Crippen LogP contribution in [0.3, 0.4) is 0 Å². The molecular weight excluding hydrogens is 262 g/mol. The Morgan fingerprint density at radius 2 is 2.10 bits per heavy atom. The van der Waals surface area contributed by atoms with Crippen LogP contribution in [-0.4, -0.2) is 53.2 Å². The van der Waals surface area contributed by atoms with Crippen molar-refractivity contribution < 1.29 is 5.11 Å². The summed E-state index contributed by atoms with van der Waals surface area (Å²) in [4.78, 5) is 5.07. The highest BCUT2D eigenvalue weighted by Gasteiger charge is 2.33. The summed E-state index contributed by atoms with van der Waals surface area (Å²) in [6, 6.07) is 8.82. The van der Waals surface area contributed by atoms with Crippen LogP contribution in [0.25, 0.3) is 0 Å². The van der Waals surface area contributed by atoms with Gasteiger partial charge in [0.25, 0.3) is 0 Å². The zero-order valence-electron chi connectivity index (χ0n) is 12.9. The average Bonchev–Trinajstić information content (AvgIpc) is 2.48.